The van der Waals surface area contributed by atoms with Crippen molar-refractivity contribution in [1.29, 1.82) is 0 Å². The Morgan fingerprint density at radius 3 is 2.37 bits per heavy atom. The number of rotatable bonds is 6. The zero-order valence-corrected chi connectivity index (χ0v) is 24.8. The molecule has 0 bridgehead atoms. The highest BCUT2D eigenvalue weighted by Crippen LogP contribution is 2.30. The van der Waals surface area contributed by atoms with E-state index in [0.29, 0.717) is 32.5 Å². The third kappa shape index (κ3) is 7.62. The van der Waals surface area contributed by atoms with Crippen LogP contribution in [0.5, 0.6) is 0 Å². The number of likely N-dealkylation sites (tertiary alicyclic amines) is 1. The summed E-state index contributed by atoms with van der Waals surface area (Å²) in [5.74, 6) is -0.859. The Kier molecular flexibility index (Phi) is 9.34. The zero-order chi connectivity index (χ0) is 29.9. The van der Waals surface area contributed by atoms with Crippen LogP contribution in [0, 0.1) is 0 Å². The highest BCUT2D eigenvalue weighted by Gasteiger charge is 2.35. The molecule has 2 aromatic carbocycles. The minimum Gasteiger partial charge on any atom is -0.444 e. The maximum absolute atomic E-state index is 13.6. The van der Waals surface area contributed by atoms with Crippen LogP contribution in [0.3, 0.4) is 0 Å². The molecule has 4 N–H and O–H groups in total. The van der Waals surface area contributed by atoms with Crippen LogP contribution in [0.2, 0.25) is 10.0 Å². The first-order valence-electron chi connectivity index (χ1n) is 13.5. The van der Waals surface area contributed by atoms with Gasteiger partial charge in [-0.25, -0.2) is 9.59 Å². The van der Waals surface area contributed by atoms with Crippen LogP contribution in [-0.4, -0.2) is 70.9 Å². The van der Waals surface area contributed by atoms with Crippen LogP contribution >= 0.6 is 23.2 Å². The van der Waals surface area contributed by atoms with Crippen molar-refractivity contribution in [3.63, 3.8) is 0 Å². The van der Waals surface area contributed by atoms with Crippen LogP contribution < -0.4 is 16.4 Å². The second-order valence-corrected chi connectivity index (χ2v) is 12.1. The number of nitrogens with zero attached hydrogens (tertiary/aromatic N) is 2. The average molecular weight is 605 g/mol. The monoisotopic (exact) mass is 603 g/mol. The van der Waals surface area contributed by atoms with Crippen molar-refractivity contribution in [2.45, 2.75) is 64.1 Å². The van der Waals surface area contributed by atoms with Gasteiger partial charge in [0, 0.05) is 43.3 Å². The summed E-state index contributed by atoms with van der Waals surface area (Å²) in [7, 11) is 0. The van der Waals surface area contributed by atoms with E-state index in [1.807, 2.05) is 29.2 Å². The van der Waals surface area contributed by atoms with Gasteiger partial charge in [-0.2, -0.15) is 0 Å². The predicted molar refractivity (Wildman–Crippen MR) is 158 cm³/mol. The largest absolute Gasteiger partial charge is 0.444 e. The number of anilines is 2. The number of amides is 4. The third-order valence-corrected chi connectivity index (χ3v) is 7.76. The normalized spacial score (nSPS) is 16.8. The number of urea groups is 1. The lowest BCUT2D eigenvalue weighted by molar-refractivity contribution is -0.134. The Labute approximate surface area is 249 Å². The average Bonchev–Trinajstić information content (AvgIpc) is 3.07. The Morgan fingerprint density at radius 1 is 1.10 bits per heavy atom. The number of hydrogen-bond acceptors (Lipinski definition) is 6. The van der Waals surface area contributed by atoms with Crippen molar-refractivity contribution in [3.05, 3.63) is 57.6 Å². The van der Waals surface area contributed by atoms with Crippen LogP contribution in [0.1, 0.15) is 56.0 Å². The molecule has 0 aliphatic carbocycles. The van der Waals surface area contributed by atoms with Crippen LogP contribution in [-0.2, 0) is 16.0 Å². The highest BCUT2D eigenvalue weighted by atomic mass is 35.5. The lowest BCUT2D eigenvalue weighted by Crippen LogP contribution is -2.55. The van der Waals surface area contributed by atoms with Crippen molar-refractivity contribution in [1.82, 2.24) is 15.1 Å². The fraction of sp³-hybridized carbons (Fsp3) is 0.448. The molecule has 0 saturated carbocycles. The van der Waals surface area contributed by atoms with Crippen molar-refractivity contribution in [3.8, 4) is 0 Å². The summed E-state index contributed by atoms with van der Waals surface area (Å²) in [6.45, 7) is 6.41. The van der Waals surface area contributed by atoms with Gasteiger partial charge >= 0.3 is 12.1 Å². The number of nitrogens with one attached hydrogen (secondary N) is 2. The summed E-state index contributed by atoms with van der Waals surface area (Å²) in [6.07, 6.45) is 0.712. The molecule has 2 heterocycles. The van der Waals surface area contributed by atoms with Gasteiger partial charge in [-0.3, -0.25) is 9.59 Å². The van der Waals surface area contributed by atoms with E-state index in [1.165, 1.54) is 12.1 Å². The molecule has 10 nitrogen and oxygen atoms in total. The van der Waals surface area contributed by atoms with E-state index in [9.17, 15) is 19.2 Å². The van der Waals surface area contributed by atoms with E-state index in [-0.39, 0.29) is 39.8 Å². The number of hydrogen-bond donors (Lipinski definition) is 3. The smallest absolute Gasteiger partial charge is 0.408 e. The standard InChI is InChI=1S/C29H35Cl2N5O5/c1-29(2,3)41-28(40)34-23(16-24(37)18-14-20(30)25(32)21(31)15-18)26(38)35-11-9-19(10-12-35)36-13-8-17-6-4-5-7-22(17)33-27(36)39/h4-7,14-15,19,23H,8-13,16,32H2,1-3H3,(H,33,39)(H,34,40)/t23-/m0/s1. The summed E-state index contributed by atoms with van der Waals surface area (Å²) in [5, 5.41) is 5.80. The summed E-state index contributed by atoms with van der Waals surface area (Å²) < 4.78 is 5.35. The number of carbonyl (C=O) groups excluding carboxylic acids is 4. The van der Waals surface area contributed by atoms with Gasteiger partial charge in [-0.15, -0.1) is 0 Å². The Morgan fingerprint density at radius 2 is 1.73 bits per heavy atom. The first kappa shape index (κ1) is 30.5. The summed E-state index contributed by atoms with van der Waals surface area (Å²) >= 11 is 12.2. The van der Waals surface area contributed by atoms with Crippen LogP contribution in [0.15, 0.2) is 36.4 Å². The SMILES string of the molecule is CC(C)(C)OC(=O)N[C@@H](CC(=O)c1cc(Cl)c(N)c(Cl)c1)C(=O)N1CCC(N2CCc3ccccc3NC2=O)CC1. The molecule has 2 aromatic rings. The molecule has 4 amide bonds. The van der Waals surface area contributed by atoms with Gasteiger partial charge in [0.05, 0.1) is 15.7 Å². The number of ketones is 1. The fourth-order valence-electron chi connectivity index (χ4n) is 5.05. The van der Waals surface area contributed by atoms with Crippen molar-refractivity contribution in [2.75, 3.05) is 30.7 Å². The van der Waals surface area contributed by atoms with Gasteiger partial charge in [0.25, 0.3) is 0 Å². The molecule has 220 valence electrons. The van der Waals surface area contributed by atoms with Crippen LogP contribution in [0.25, 0.3) is 0 Å². The van der Waals surface area contributed by atoms with Gasteiger partial charge in [0.2, 0.25) is 5.91 Å². The molecule has 41 heavy (non-hydrogen) atoms. The van der Waals surface area contributed by atoms with Gasteiger partial charge in [0.15, 0.2) is 5.78 Å². The number of ether oxygens (including phenoxy) is 1. The zero-order valence-electron chi connectivity index (χ0n) is 23.3. The lowest BCUT2D eigenvalue weighted by atomic mass is 9.99. The molecule has 4 rings (SSSR count). The maximum atomic E-state index is 13.6. The minimum absolute atomic E-state index is 0.0497. The van der Waals surface area contributed by atoms with E-state index in [0.717, 1.165) is 17.7 Å². The molecular weight excluding hydrogens is 569 g/mol. The molecule has 0 radical (unpaired) electrons. The minimum atomic E-state index is -1.18. The third-order valence-electron chi connectivity index (χ3n) is 7.14. The second kappa shape index (κ2) is 12.6. The summed E-state index contributed by atoms with van der Waals surface area (Å²) in [5.41, 5.74) is 7.21. The van der Waals surface area contributed by atoms with Crippen molar-refractivity contribution < 1.29 is 23.9 Å². The van der Waals surface area contributed by atoms with Crippen molar-refractivity contribution in [2.24, 2.45) is 0 Å². The molecule has 1 saturated heterocycles. The number of carbonyl (C=O) groups is 4. The number of benzene rings is 2. The molecular formula is C29H35Cl2N5O5. The number of nitrogen functional groups attached to an aromatic ring is 1. The summed E-state index contributed by atoms with van der Waals surface area (Å²) in [6, 6.07) is 9.12. The van der Waals surface area contributed by atoms with E-state index in [4.69, 9.17) is 33.7 Å². The number of Topliss-reactive ketones (excluding diaryl/α,β-unsaturated/α-hetero) is 1. The second-order valence-electron chi connectivity index (χ2n) is 11.3. The first-order valence-corrected chi connectivity index (χ1v) is 14.3. The van der Waals surface area contributed by atoms with E-state index < -0.39 is 29.4 Å². The van der Waals surface area contributed by atoms with Gasteiger partial charge in [-0.1, -0.05) is 41.4 Å². The van der Waals surface area contributed by atoms with Gasteiger partial charge in [-0.05, 0) is 63.8 Å². The number of alkyl carbamates (subject to hydrolysis) is 1. The lowest BCUT2D eigenvalue weighted by Gasteiger charge is -2.39. The Bertz CT molecular complexity index is 1310. The molecule has 0 unspecified atom stereocenters. The molecule has 0 aromatic heterocycles. The van der Waals surface area contributed by atoms with E-state index in [1.54, 1.807) is 25.7 Å². The number of para-hydroxylation sites is 1. The molecule has 2 aliphatic rings. The topological polar surface area (TPSA) is 134 Å². The van der Waals surface area contributed by atoms with Crippen LogP contribution in [0.4, 0.5) is 21.0 Å². The fourth-order valence-corrected chi connectivity index (χ4v) is 5.54. The number of nitrogens with two attached hydrogens (primary N) is 1. The van der Waals surface area contributed by atoms with Gasteiger partial charge < -0.3 is 30.9 Å². The Balaban J connectivity index is 1.44. The quantitative estimate of drug-likeness (QED) is 0.310. The van der Waals surface area contributed by atoms with E-state index in [2.05, 4.69) is 10.6 Å². The van der Waals surface area contributed by atoms with Gasteiger partial charge in [0.1, 0.15) is 11.6 Å². The summed E-state index contributed by atoms with van der Waals surface area (Å²) in [4.78, 5) is 55.8. The van der Waals surface area contributed by atoms with E-state index >= 15 is 0 Å². The molecule has 0 spiro atoms. The van der Waals surface area contributed by atoms with Crippen molar-refractivity contribution >= 4 is 58.4 Å². The molecule has 1 atom stereocenters. The molecule has 1 fully saturated rings. The highest BCUT2D eigenvalue weighted by molar-refractivity contribution is 6.39. The number of halogens is 2. The molecule has 12 heteroatoms. The number of fused-ring (bicyclic) bond motifs is 1. The maximum Gasteiger partial charge on any atom is 0.408 e. The predicted octanol–water partition coefficient (Wildman–Crippen LogP) is 5.12. The molecule has 2 aliphatic heterocycles. The Hall–Kier alpha value is -3.50. The number of piperidine rings is 1. The first-order chi connectivity index (χ1) is 19.3.